The number of nitrogens with zero attached hydrogens (tertiary/aromatic N) is 2. The van der Waals surface area contributed by atoms with Gasteiger partial charge in [0.05, 0.1) is 24.8 Å². The number of anilines is 1. The van der Waals surface area contributed by atoms with E-state index in [1.54, 1.807) is 25.1 Å². The molecule has 1 atom stereocenters. The number of hydrogen-bond acceptors (Lipinski definition) is 6. The summed E-state index contributed by atoms with van der Waals surface area (Å²) in [6, 6.07) is 15.6. The van der Waals surface area contributed by atoms with Gasteiger partial charge in [-0.3, -0.25) is 13.9 Å². The predicted octanol–water partition coefficient (Wildman–Crippen LogP) is 5.07. The SMILES string of the molecule is CCCCNC(=O)[C@@H](CC)N(Cc1ccc(F)cc1)C(=O)CN(c1ccc(OC)c(OC)c1)S(=O)(=O)c1ccc(C)cc1. The maximum atomic E-state index is 14.2. The number of hydrogen-bond donors (Lipinski definition) is 1. The number of unbranched alkanes of at least 4 members (excludes halogenated alkanes) is 1. The van der Waals surface area contributed by atoms with E-state index in [-0.39, 0.29) is 35.2 Å². The van der Waals surface area contributed by atoms with Crippen molar-refractivity contribution in [1.29, 1.82) is 0 Å². The van der Waals surface area contributed by atoms with Crippen LogP contribution in [0.5, 0.6) is 11.5 Å². The maximum absolute atomic E-state index is 14.2. The van der Waals surface area contributed by atoms with Crippen LogP contribution in [-0.2, 0) is 26.2 Å². The third-order valence-corrected chi connectivity index (χ3v) is 8.81. The average molecular weight is 614 g/mol. The number of aryl methyl sites for hydroxylation is 1. The number of amides is 2. The van der Waals surface area contributed by atoms with Gasteiger partial charge in [-0.1, -0.05) is 50.1 Å². The molecule has 9 nitrogen and oxygen atoms in total. The van der Waals surface area contributed by atoms with Crippen molar-refractivity contribution >= 4 is 27.5 Å². The number of rotatable bonds is 15. The molecule has 3 aromatic carbocycles. The summed E-state index contributed by atoms with van der Waals surface area (Å²) in [4.78, 5) is 28.8. The molecule has 0 aromatic heterocycles. The molecular weight excluding hydrogens is 573 g/mol. The Morgan fingerprint density at radius 2 is 1.58 bits per heavy atom. The van der Waals surface area contributed by atoms with Crippen LogP contribution in [0.25, 0.3) is 0 Å². The van der Waals surface area contributed by atoms with Crippen LogP contribution in [0.4, 0.5) is 10.1 Å². The molecule has 0 aliphatic rings. The van der Waals surface area contributed by atoms with Crippen molar-refractivity contribution in [2.24, 2.45) is 0 Å². The fraction of sp³-hybridized carbons (Fsp3) is 0.375. The maximum Gasteiger partial charge on any atom is 0.264 e. The molecule has 0 aliphatic carbocycles. The topological polar surface area (TPSA) is 105 Å². The lowest BCUT2D eigenvalue weighted by Gasteiger charge is -2.33. The summed E-state index contributed by atoms with van der Waals surface area (Å²) in [5, 5.41) is 2.88. The minimum Gasteiger partial charge on any atom is -0.493 e. The van der Waals surface area contributed by atoms with Crippen molar-refractivity contribution in [3.63, 3.8) is 0 Å². The van der Waals surface area contributed by atoms with Crippen molar-refractivity contribution in [3.05, 3.63) is 83.7 Å². The lowest BCUT2D eigenvalue weighted by atomic mass is 10.1. The number of nitrogens with one attached hydrogen (secondary N) is 1. The van der Waals surface area contributed by atoms with Crippen LogP contribution in [0.1, 0.15) is 44.2 Å². The fourth-order valence-electron chi connectivity index (χ4n) is 4.56. The van der Waals surface area contributed by atoms with Gasteiger partial charge in [0.15, 0.2) is 11.5 Å². The number of carbonyl (C=O) groups is 2. The summed E-state index contributed by atoms with van der Waals surface area (Å²) in [5.74, 6) is -0.716. The third kappa shape index (κ3) is 8.47. The van der Waals surface area contributed by atoms with Gasteiger partial charge in [-0.25, -0.2) is 12.8 Å². The summed E-state index contributed by atoms with van der Waals surface area (Å²) in [6.45, 7) is 5.45. The Morgan fingerprint density at radius 3 is 2.16 bits per heavy atom. The Morgan fingerprint density at radius 1 is 0.930 bits per heavy atom. The van der Waals surface area contributed by atoms with Crippen molar-refractivity contribution in [2.75, 3.05) is 31.6 Å². The molecule has 3 rings (SSSR count). The van der Waals surface area contributed by atoms with E-state index in [2.05, 4.69) is 5.32 Å². The molecule has 0 bridgehead atoms. The van der Waals surface area contributed by atoms with Gasteiger partial charge in [-0.2, -0.15) is 0 Å². The highest BCUT2D eigenvalue weighted by Gasteiger charge is 2.34. The molecule has 11 heteroatoms. The fourth-order valence-corrected chi connectivity index (χ4v) is 5.96. The van der Waals surface area contributed by atoms with Gasteiger partial charge >= 0.3 is 0 Å². The Labute approximate surface area is 253 Å². The minimum atomic E-state index is -4.25. The number of benzene rings is 3. The first-order valence-electron chi connectivity index (χ1n) is 14.2. The lowest BCUT2D eigenvalue weighted by Crippen LogP contribution is -2.52. The molecule has 232 valence electrons. The largest absolute Gasteiger partial charge is 0.493 e. The first kappa shape index (κ1) is 33.4. The second kappa shape index (κ2) is 15.4. The molecule has 0 spiro atoms. The first-order chi connectivity index (χ1) is 20.5. The number of methoxy groups -OCH3 is 2. The summed E-state index contributed by atoms with van der Waals surface area (Å²) >= 11 is 0. The third-order valence-electron chi connectivity index (χ3n) is 7.02. The van der Waals surface area contributed by atoms with Gasteiger partial charge < -0.3 is 19.7 Å². The first-order valence-corrected chi connectivity index (χ1v) is 15.6. The molecule has 3 aromatic rings. The zero-order valence-electron chi connectivity index (χ0n) is 25.3. The monoisotopic (exact) mass is 613 g/mol. The summed E-state index contributed by atoms with van der Waals surface area (Å²) in [6.07, 6.45) is 1.94. The van der Waals surface area contributed by atoms with Crippen LogP contribution < -0.4 is 19.1 Å². The van der Waals surface area contributed by atoms with E-state index in [1.165, 1.54) is 67.7 Å². The molecule has 0 saturated carbocycles. The van der Waals surface area contributed by atoms with Crippen LogP contribution in [0.15, 0.2) is 71.6 Å². The summed E-state index contributed by atoms with van der Waals surface area (Å²) in [5.41, 5.74) is 1.64. The van der Waals surface area contributed by atoms with E-state index in [0.29, 0.717) is 17.9 Å². The summed E-state index contributed by atoms with van der Waals surface area (Å²) < 4.78 is 53.5. The normalized spacial score (nSPS) is 11.9. The lowest BCUT2D eigenvalue weighted by molar-refractivity contribution is -0.140. The van der Waals surface area contributed by atoms with Crippen molar-refractivity contribution in [1.82, 2.24) is 10.2 Å². The Hall–Kier alpha value is -4.12. The number of ether oxygens (including phenoxy) is 2. The van der Waals surface area contributed by atoms with E-state index >= 15 is 0 Å². The highest BCUT2D eigenvalue weighted by molar-refractivity contribution is 7.92. The molecule has 0 heterocycles. The Bertz CT molecular complexity index is 1480. The average Bonchev–Trinajstić information content (AvgIpc) is 3.00. The molecule has 0 radical (unpaired) electrons. The van der Waals surface area contributed by atoms with Crippen LogP contribution in [0, 0.1) is 12.7 Å². The highest BCUT2D eigenvalue weighted by atomic mass is 32.2. The van der Waals surface area contributed by atoms with E-state index in [4.69, 9.17) is 9.47 Å². The van der Waals surface area contributed by atoms with Crippen molar-refractivity contribution in [2.45, 2.75) is 57.5 Å². The van der Waals surface area contributed by atoms with Gasteiger partial charge in [0.1, 0.15) is 18.4 Å². The van der Waals surface area contributed by atoms with E-state index in [0.717, 1.165) is 22.7 Å². The van der Waals surface area contributed by atoms with Gasteiger partial charge in [-0.15, -0.1) is 0 Å². The van der Waals surface area contributed by atoms with Gasteiger partial charge in [0.25, 0.3) is 10.0 Å². The second-order valence-electron chi connectivity index (χ2n) is 10.1. The Balaban J connectivity index is 2.09. The van der Waals surface area contributed by atoms with Crippen molar-refractivity contribution in [3.8, 4) is 11.5 Å². The zero-order chi connectivity index (χ0) is 31.6. The standard InChI is InChI=1S/C32H40FN3O6S/c1-6-8-19-34-32(38)28(7-2)35(21-24-11-13-25(33)14-12-24)31(37)22-36(26-15-18-29(41-4)30(20-26)42-5)43(39,40)27-16-9-23(3)10-17-27/h9-18,20,28H,6-8,19,21-22H2,1-5H3,(H,34,38)/t28-/m1/s1. The molecule has 2 amide bonds. The van der Waals surface area contributed by atoms with Crippen LogP contribution in [0.2, 0.25) is 0 Å². The molecule has 0 fully saturated rings. The number of carbonyl (C=O) groups excluding carboxylic acids is 2. The molecular formula is C32H40FN3O6S. The van der Waals surface area contributed by atoms with Gasteiger partial charge in [0.2, 0.25) is 11.8 Å². The molecule has 0 unspecified atom stereocenters. The predicted molar refractivity (Wildman–Crippen MR) is 164 cm³/mol. The molecule has 1 N–H and O–H groups in total. The number of sulfonamides is 1. The zero-order valence-corrected chi connectivity index (χ0v) is 26.1. The Kier molecular flexibility index (Phi) is 11.9. The van der Waals surface area contributed by atoms with E-state index < -0.39 is 34.3 Å². The quantitative estimate of drug-likeness (QED) is 0.240. The number of halogens is 1. The molecule has 0 saturated heterocycles. The van der Waals surface area contributed by atoms with Crippen LogP contribution in [0.3, 0.4) is 0 Å². The van der Waals surface area contributed by atoms with Gasteiger partial charge in [0, 0.05) is 19.2 Å². The molecule has 43 heavy (non-hydrogen) atoms. The van der Waals surface area contributed by atoms with E-state index in [1.807, 2.05) is 13.8 Å². The van der Waals surface area contributed by atoms with E-state index in [9.17, 15) is 22.4 Å². The van der Waals surface area contributed by atoms with Crippen molar-refractivity contribution < 1.29 is 31.9 Å². The van der Waals surface area contributed by atoms with Crippen LogP contribution in [-0.4, -0.2) is 58.5 Å². The minimum absolute atomic E-state index is 0.00452. The smallest absolute Gasteiger partial charge is 0.264 e. The molecule has 0 aliphatic heterocycles. The summed E-state index contributed by atoms with van der Waals surface area (Å²) in [7, 11) is -1.36. The highest BCUT2D eigenvalue weighted by Crippen LogP contribution is 2.34. The van der Waals surface area contributed by atoms with Crippen LogP contribution >= 0.6 is 0 Å². The second-order valence-corrected chi connectivity index (χ2v) is 11.9. The van der Waals surface area contributed by atoms with Gasteiger partial charge in [-0.05, 0) is 61.7 Å².